The minimum absolute atomic E-state index is 0. The molecule has 0 aliphatic heterocycles. The molecule has 6 nitrogen and oxygen atoms in total. The van der Waals surface area contributed by atoms with Crippen LogP contribution in [0, 0.1) is 71.0 Å². The quantitative estimate of drug-likeness (QED) is 0.350. The number of nitrogens with zero attached hydrogens (tertiary/aromatic N) is 6. The van der Waals surface area contributed by atoms with E-state index in [-0.39, 0.29) is 80.8 Å². The van der Waals surface area contributed by atoms with Gasteiger partial charge in [0.25, 0.3) is 0 Å². The predicted octanol–water partition coefficient (Wildman–Crippen LogP) is -2.43. The molecule has 0 spiro atoms. The van der Waals surface area contributed by atoms with Gasteiger partial charge in [-0.05, 0) is 0 Å². The number of hydrogen-bond donors (Lipinski definition) is 0. The first-order chi connectivity index (χ1) is 6.00. The molecule has 0 aromatic heterocycles. The van der Waals surface area contributed by atoms with E-state index in [1.54, 1.807) is 0 Å². The minimum atomic E-state index is 0. The molecule has 2 radical (unpaired) electrons. The molecule has 0 heterocycles. The molecule has 10 heteroatoms. The zero-order valence-electron chi connectivity index (χ0n) is 7.72. The second-order valence-corrected chi connectivity index (χ2v) is 0. The molecule has 0 fully saturated rings. The van der Waals surface area contributed by atoms with Gasteiger partial charge < -0.3 is 71.0 Å². The van der Waals surface area contributed by atoms with Gasteiger partial charge in [0.05, 0.1) is 0 Å². The molecule has 0 rings (SSSR count). The second kappa shape index (κ2) is 10500. The Balaban J connectivity index is -0.00000000321. The first-order valence-corrected chi connectivity index (χ1v) is 1.34. The largest absolute Gasteiger partial charge is 2.00 e. The van der Waals surface area contributed by atoms with Gasteiger partial charge >= 0.3 is 80.8 Å². The SMILES string of the molecule is [C-]#N.[C-]#N.[C-]#N.[C-]#N.[C-]#N.[C-]#N.[Cu+2].[Fe+2].[Mn+2].[Na+]. The third-order valence-electron chi connectivity index (χ3n) is 0. The van der Waals surface area contributed by atoms with Gasteiger partial charge in [0, 0.05) is 0 Å². The molecule has 0 aromatic rings. The van der Waals surface area contributed by atoms with Crippen molar-refractivity contribution in [2.24, 2.45) is 0 Å². The van der Waals surface area contributed by atoms with Crippen molar-refractivity contribution in [1.29, 1.82) is 31.6 Å². The zero-order chi connectivity index (χ0) is 12.0. The molecule has 16 heavy (non-hydrogen) atoms. The van der Waals surface area contributed by atoms with E-state index in [1.807, 2.05) is 0 Å². The first-order valence-electron chi connectivity index (χ1n) is 1.34. The van der Waals surface area contributed by atoms with Crippen molar-refractivity contribution in [1.82, 2.24) is 0 Å². The van der Waals surface area contributed by atoms with Gasteiger partial charge in [-0.15, -0.1) is 0 Å². The normalized spacial score (nSPS) is 0.750. The molecule has 0 unspecified atom stereocenters. The predicted molar refractivity (Wildman–Crippen MR) is 29.8 cm³/mol. The van der Waals surface area contributed by atoms with Crippen LogP contribution in [0.15, 0.2) is 0 Å². The van der Waals surface area contributed by atoms with Gasteiger partial charge in [-0.3, -0.25) is 0 Å². The van der Waals surface area contributed by atoms with Crippen molar-refractivity contribution in [3.05, 3.63) is 39.4 Å². The molecule has 0 amide bonds. The zero-order valence-corrected chi connectivity index (χ0v) is 12.9. The maximum atomic E-state index is 6.25. The van der Waals surface area contributed by atoms with Crippen LogP contribution < -0.4 is 29.6 Å². The summed E-state index contributed by atoms with van der Waals surface area (Å²) in [5, 5.41) is 37.5. The topological polar surface area (TPSA) is 143 Å². The van der Waals surface area contributed by atoms with Crippen LogP contribution in [0.1, 0.15) is 0 Å². The summed E-state index contributed by atoms with van der Waals surface area (Å²) in [6.45, 7) is 28.5. The molecule has 0 bridgehead atoms. The summed E-state index contributed by atoms with van der Waals surface area (Å²) in [5.74, 6) is 0. The summed E-state index contributed by atoms with van der Waals surface area (Å²) in [6.07, 6.45) is 0. The van der Waals surface area contributed by atoms with Gasteiger partial charge in [0.15, 0.2) is 0 Å². The standard InChI is InChI=1S/6CN.Cu.Fe.Mn.Na/c6*1-2;;;;/q6*-1;3*+2;+1. The van der Waals surface area contributed by atoms with Gasteiger partial charge in [-0.2, -0.15) is 0 Å². The van der Waals surface area contributed by atoms with Crippen molar-refractivity contribution < 1.29 is 80.8 Å². The Morgan fingerprint density at radius 1 is 0.438 bits per heavy atom. The molecule has 0 N–H and O–H groups in total. The molecule has 0 saturated carbocycles. The van der Waals surface area contributed by atoms with Gasteiger partial charge in [0.1, 0.15) is 0 Å². The summed E-state index contributed by atoms with van der Waals surface area (Å²) in [5.41, 5.74) is 0. The molecule has 80 valence electrons. The van der Waals surface area contributed by atoms with Crippen LogP contribution >= 0.6 is 0 Å². The monoisotopic (exact) mass is 353 g/mol. The van der Waals surface area contributed by atoms with Crippen molar-refractivity contribution in [3.63, 3.8) is 0 Å². The van der Waals surface area contributed by atoms with E-state index in [0.29, 0.717) is 0 Å². The molecular weight excluding hydrogens is 353 g/mol. The van der Waals surface area contributed by atoms with Crippen molar-refractivity contribution in [2.75, 3.05) is 0 Å². The van der Waals surface area contributed by atoms with Crippen molar-refractivity contribution in [2.45, 2.75) is 0 Å². The molecule has 0 aliphatic rings. The average molecular weight is 353 g/mol. The van der Waals surface area contributed by atoms with Crippen LogP contribution in [-0.2, 0) is 51.2 Å². The van der Waals surface area contributed by atoms with Crippen LogP contribution in [0.4, 0.5) is 0 Å². The van der Waals surface area contributed by atoms with Crippen LogP contribution in [0.2, 0.25) is 0 Å². The van der Waals surface area contributed by atoms with Gasteiger partial charge in [-0.25, -0.2) is 0 Å². The minimum Gasteiger partial charge on any atom is -0.512 e. The number of hydrogen-bond acceptors (Lipinski definition) is 6. The Bertz CT molecular complexity index is 108. The van der Waals surface area contributed by atoms with Crippen LogP contribution in [0.3, 0.4) is 0 Å². The number of rotatable bonds is 0. The third-order valence-corrected chi connectivity index (χ3v) is 0. The van der Waals surface area contributed by atoms with Crippen molar-refractivity contribution in [3.8, 4) is 0 Å². The van der Waals surface area contributed by atoms with E-state index in [4.69, 9.17) is 71.0 Å². The van der Waals surface area contributed by atoms with Crippen LogP contribution in [-0.4, -0.2) is 0 Å². The van der Waals surface area contributed by atoms with E-state index in [9.17, 15) is 0 Å². The summed E-state index contributed by atoms with van der Waals surface area (Å²) in [4.78, 5) is 0. The fraction of sp³-hybridized carbons (Fsp3) is 0. The molecule has 0 saturated heterocycles. The molecule has 0 aliphatic carbocycles. The fourth-order valence-corrected chi connectivity index (χ4v) is 0. The summed E-state index contributed by atoms with van der Waals surface area (Å²) in [7, 11) is 0. The molecular formula is C6CuFeMnN6Na+. The summed E-state index contributed by atoms with van der Waals surface area (Å²) < 4.78 is 0. The van der Waals surface area contributed by atoms with E-state index in [2.05, 4.69) is 0 Å². The van der Waals surface area contributed by atoms with Gasteiger partial charge in [0.2, 0.25) is 0 Å². The second-order valence-electron chi connectivity index (χ2n) is 0. The fourth-order valence-electron chi connectivity index (χ4n) is 0. The maximum Gasteiger partial charge on any atom is 2.00 e. The Morgan fingerprint density at radius 3 is 0.438 bits per heavy atom. The molecule has 0 aromatic carbocycles. The average Bonchev–Trinajstić information content (AvgIpc) is 2.33. The van der Waals surface area contributed by atoms with E-state index < -0.39 is 0 Å². The Kier molecular flexibility index (Phi) is 70700. The summed E-state index contributed by atoms with van der Waals surface area (Å²) in [6, 6.07) is 0. The Morgan fingerprint density at radius 2 is 0.438 bits per heavy atom. The Labute approximate surface area is 150 Å². The van der Waals surface area contributed by atoms with Gasteiger partial charge in [-0.1, -0.05) is 0 Å². The Hall–Kier alpha value is -0.502. The maximum absolute atomic E-state index is 6.25. The van der Waals surface area contributed by atoms with Crippen LogP contribution in [0.5, 0.6) is 0 Å². The summed E-state index contributed by atoms with van der Waals surface area (Å²) >= 11 is 0. The molecule has 0 atom stereocenters. The van der Waals surface area contributed by atoms with E-state index in [1.165, 1.54) is 0 Å². The van der Waals surface area contributed by atoms with E-state index in [0.717, 1.165) is 0 Å². The smallest absolute Gasteiger partial charge is 0.512 e. The third kappa shape index (κ3) is 8380. The first kappa shape index (κ1) is 108. The van der Waals surface area contributed by atoms with E-state index >= 15 is 0 Å². The van der Waals surface area contributed by atoms with Crippen molar-refractivity contribution >= 4 is 0 Å². The van der Waals surface area contributed by atoms with Crippen LogP contribution in [0.25, 0.3) is 0 Å².